The zero-order valence-corrected chi connectivity index (χ0v) is 17.3. The molecule has 0 aliphatic heterocycles. The van der Waals surface area contributed by atoms with Crippen LogP contribution in [0.15, 0.2) is 89.9 Å². The maximum atomic E-state index is 13.3. The van der Waals surface area contributed by atoms with Gasteiger partial charge in [-0.15, -0.1) is 11.3 Å². The van der Waals surface area contributed by atoms with Crippen molar-refractivity contribution < 1.29 is 9.21 Å². The van der Waals surface area contributed by atoms with Crippen molar-refractivity contribution in [3.63, 3.8) is 0 Å². The molecule has 4 aromatic heterocycles. The molecular formula is C24H18N4O2S. The van der Waals surface area contributed by atoms with E-state index in [1.807, 2.05) is 48.5 Å². The summed E-state index contributed by atoms with van der Waals surface area (Å²) in [5.74, 6) is 0.690. The number of amides is 1. The number of pyridine rings is 2. The molecule has 4 heterocycles. The second kappa shape index (κ2) is 8.49. The largest absolute Gasteiger partial charge is 0.448 e. The van der Waals surface area contributed by atoms with Crippen molar-refractivity contribution in [2.45, 2.75) is 13.1 Å². The SMILES string of the molecule is O=C(c1ccc(-c2nc3ccccc3s2)o1)N(Cc1ccncc1)Cc1cccnc1. The van der Waals surface area contributed by atoms with E-state index in [0.717, 1.165) is 26.4 Å². The molecule has 0 aliphatic rings. The average Bonchev–Trinajstić information content (AvgIpc) is 3.47. The van der Waals surface area contributed by atoms with Gasteiger partial charge in [-0.05, 0) is 53.6 Å². The van der Waals surface area contributed by atoms with Gasteiger partial charge in [0.25, 0.3) is 5.91 Å². The van der Waals surface area contributed by atoms with Crippen molar-refractivity contribution in [1.82, 2.24) is 19.9 Å². The molecule has 0 saturated carbocycles. The Morgan fingerprint density at radius 2 is 1.71 bits per heavy atom. The second-order valence-electron chi connectivity index (χ2n) is 7.03. The Hall–Kier alpha value is -3.84. The zero-order valence-electron chi connectivity index (χ0n) is 16.5. The minimum Gasteiger partial charge on any atom is -0.448 e. The van der Waals surface area contributed by atoms with E-state index in [2.05, 4.69) is 15.0 Å². The third-order valence-corrected chi connectivity index (χ3v) is 5.88. The summed E-state index contributed by atoms with van der Waals surface area (Å²) in [7, 11) is 0. The lowest BCUT2D eigenvalue weighted by atomic mass is 10.2. The van der Waals surface area contributed by atoms with Crippen LogP contribution < -0.4 is 0 Å². The molecule has 31 heavy (non-hydrogen) atoms. The molecule has 0 saturated heterocycles. The fourth-order valence-corrected chi connectivity index (χ4v) is 4.25. The molecule has 0 unspecified atom stereocenters. The number of para-hydroxylation sites is 1. The van der Waals surface area contributed by atoms with Gasteiger partial charge >= 0.3 is 0 Å². The Kier molecular flexibility index (Phi) is 5.24. The number of furan rings is 1. The van der Waals surface area contributed by atoms with Gasteiger partial charge in [0, 0.05) is 37.9 Å². The van der Waals surface area contributed by atoms with Crippen LogP contribution in [0.1, 0.15) is 21.7 Å². The maximum absolute atomic E-state index is 13.3. The Balaban J connectivity index is 1.43. The van der Waals surface area contributed by atoms with E-state index < -0.39 is 0 Å². The van der Waals surface area contributed by atoms with Crippen LogP contribution >= 0.6 is 11.3 Å². The first-order valence-electron chi connectivity index (χ1n) is 9.79. The normalized spacial score (nSPS) is 11.0. The average molecular weight is 427 g/mol. The molecule has 1 aromatic carbocycles. The van der Waals surface area contributed by atoms with Crippen LogP contribution in [0.5, 0.6) is 0 Å². The van der Waals surface area contributed by atoms with E-state index >= 15 is 0 Å². The molecule has 1 amide bonds. The molecule has 0 radical (unpaired) electrons. The third kappa shape index (κ3) is 4.22. The summed E-state index contributed by atoms with van der Waals surface area (Å²) in [6.07, 6.45) is 6.93. The first kappa shape index (κ1) is 19.1. The lowest BCUT2D eigenvalue weighted by Gasteiger charge is -2.21. The van der Waals surface area contributed by atoms with Gasteiger partial charge in [-0.3, -0.25) is 14.8 Å². The predicted octanol–water partition coefficient (Wildman–Crippen LogP) is 5.19. The molecule has 0 fully saturated rings. The number of hydrogen-bond donors (Lipinski definition) is 0. The first-order chi connectivity index (χ1) is 15.3. The van der Waals surface area contributed by atoms with Crippen molar-refractivity contribution in [2.75, 3.05) is 0 Å². The van der Waals surface area contributed by atoms with Gasteiger partial charge in [-0.25, -0.2) is 4.98 Å². The molecule has 0 aliphatic carbocycles. The summed E-state index contributed by atoms with van der Waals surface area (Å²) in [4.78, 5) is 27.9. The molecule has 0 atom stereocenters. The highest BCUT2D eigenvalue weighted by Gasteiger charge is 2.21. The van der Waals surface area contributed by atoms with Gasteiger partial charge in [-0.2, -0.15) is 0 Å². The highest BCUT2D eigenvalue weighted by molar-refractivity contribution is 7.21. The summed E-state index contributed by atoms with van der Waals surface area (Å²) >= 11 is 1.54. The molecular weight excluding hydrogens is 408 g/mol. The summed E-state index contributed by atoms with van der Waals surface area (Å²) in [6, 6.07) is 19.1. The summed E-state index contributed by atoms with van der Waals surface area (Å²) in [5, 5.41) is 0.758. The standard InChI is InChI=1S/C24H18N4O2S/c29-24(21-8-7-20(30-21)23-27-19-5-1-2-6-22(19)31-23)28(15-17-9-12-25-13-10-17)16-18-4-3-11-26-14-18/h1-14H,15-16H2. The van der Waals surface area contributed by atoms with Gasteiger partial charge in [0.1, 0.15) is 0 Å². The number of carbonyl (C=O) groups excluding carboxylic acids is 1. The fraction of sp³-hybridized carbons (Fsp3) is 0.0833. The van der Waals surface area contributed by atoms with Crippen LogP contribution in [0.25, 0.3) is 21.0 Å². The highest BCUT2D eigenvalue weighted by atomic mass is 32.1. The van der Waals surface area contributed by atoms with Gasteiger partial charge in [0.2, 0.25) is 0 Å². The molecule has 7 heteroatoms. The van der Waals surface area contributed by atoms with Gasteiger partial charge in [0.15, 0.2) is 16.5 Å². The van der Waals surface area contributed by atoms with E-state index in [4.69, 9.17) is 4.42 Å². The van der Waals surface area contributed by atoms with Crippen molar-refractivity contribution in [3.8, 4) is 10.8 Å². The molecule has 5 rings (SSSR count). The minimum absolute atomic E-state index is 0.187. The van der Waals surface area contributed by atoms with E-state index in [-0.39, 0.29) is 11.7 Å². The maximum Gasteiger partial charge on any atom is 0.290 e. The summed E-state index contributed by atoms with van der Waals surface area (Å²) in [5.41, 5.74) is 2.86. The fourth-order valence-electron chi connectivity index (χ4n) is 3.32. The Morgan fingerprint density at radius 3 is 2.52 bits per heavy atom. The number of fused-ring (bicyclic) bond motifs is 1. The van der Waals surface area contributed by atoms with Gasteiger partial charge in [0.05, 0.1) is 10.2 Å². The lowest BCUT2D eigenvalue weighted by molar-refractivity contribution is 0.0698. The monoisotopic (exact) mass is 426 g/mol. The van der Waals surface area contributed by atoms with Crippen LogP contribution in [0.4, 0.5) is 0 Å². The second-order valence-corrected chi connectivity index (χ2v) is 8.06. The van der Waals surface area contributed by atoms with Gasteiger partial charge < -0.3 is 9.32 Å². The third-order valence-electron chi connectivity index (χ3n) is 4.83. The topological polar surface area (TPSA) is 72.1 Å². The highest BCUT2D eigenvalue weighted by Crippen LogP contribution is 2.31. The number of benzene rings is 1. The van der Waals surface area contributed by atoms with Gasteiger partial charge in [-0.1, -0.05) is 18.2 Å². The molecule has 0 spiro atoms. The quantitative estimate of drug-likeness (QED) is 0.374. The van der Waals surface area contributed by atoms with Crippen LogP contribution in [-0.2, 0) is 13.1 Å². The Morgan fingerprint density at radius 1 is 0.871 bits per heavy atom. The van der Waals surface area contributed by atoms with Crippen molar-refractivity contribution in [1.29, 1.82) is 0 Å². The first-order valence-corrected chi connectivity index (χ1v) is 10.6. The van der Waals surface area contributed by atoms with Crippen LogP contribution in [0, 0.1) is 0 Å². The predicted molar refractivity (Wildman–Crippen MR) is 119 cm³/mol. The molecule has 0 N–H and O–H groups in total. The number of carbonyl (C=O) groups is 1. The van der Waals surface area contributed by atoms with E-state index in [1.165, 1.54) is 0 Å². The minimum atomic E-state index is -0.187. The van der Waals surface area contributed by atoms with Crippen molar-refractivity contribution in [2.24, 2.45) is 0 Å². The van der Waals surface area contributed by atoms with E-state index in [9.17, 15) is 4.79 Å². The van der Waals surface area contributed by atoms with Crippen LogP contribution in [0.2, 0.25) is 0 Å². The number of hydrogen-bond acceptors (Lipinski definition) is 6. The van der Waals surface area contributed by atoms with Crippen molar-refractivity contribution in [3.05, 3.63) is 102 Å². The Labute approximate surface area is 182 Å². The Bertz CT molecular complexity index is 1240. The van der Waals surface area contributed by atoms with E-state index in [1.54, 1.807) is 53.2 Å². The molecule has 5 aromatic rings. The van der Waals surface area contributed by atoms with Crippen LogP contribution in [0.3, 0.4) is 0 Å². The molecule has 6 nitrogen and oxygen atoms in total. The summed E-state index contributed by atoms with van der Waals surface area (Å²) in [6.45, 7) is 0.861. The number of nitrogens with zero attached hydrogens (tertiary/aromatic N) is 4. The smallest absolute Gasteiger partial charge is 0.290 e. The lowest BCUT2D eigenvalue weighted by Crippen LogP contribution is -2.29. The van der Waals surface area contributed by atoms with Crippen molar-refractivity contribution >= 4 is 27.5 Å². The van der Waals surface area contributed by atoms with E-state index in [0.29, 0.717) is 18.8 Å². The molecule has 152 valence electrons. The number of aromatic nitrogens is 3. The summed E-state index contributed by atoms with van der Waals surface area (Å²) < 4.78 is 7.03. The van der Waals surface area contributed by atoms with Crippen LogP contribution in [-0.4, -0.2) is 25.8 Å². The number of thiazole rings is 1. The number of rotatable bonds is 6. The zero-order chi connectivity index (χ0) is 21.0. The molecule has 0 bridgehead atoms.